The van der Waals surface area contributed by atoms with Gasteiger partial charge < -0.3 is 10.6 Å². The van der Waals surface area contributed by atoms with E-state index in [-0.39, 0.29) is 11.9 Å². The number of nitrogens with zero attached hydrogens (tertiary/aromatic N) is 1. The van der Waals surface area contributed by atoms with Crippen LogP contribution in [0.2, 0.25) is 0 Å². The van der Waals surface area contributed by atoms with Gasteiger partial charge in [-0.25, -0.2) is 4.98 Å². The van der Waals surface area contributed by atoms with Crippen molar-refractivity contribution in [2.24, 2.45) is 0 Å². The lowest BCUT2D eigenvalue weighted by molar-refractivity contribution is -0.114. The zero-order valence-electron chi connectivity index (χ0n) is 11.2. The summed E-state index contributed by atoms with van der Waals surface area (Å²) in [6.45, 7) is 5.57. The van der Waals surface area contributed by atoms with Gasteiger partial charge in [0, 0.05) is 23.7 Å². The Morgan fingerprint density at radius 3 is 2.74 bits per heavy atom. The fraction of sp³-hybridized carbons (Fsp3) is 0.286. The van der Waals surface area contributed by atoms with Crippen LogP contribution in [0.25, 0.3) is 0 Å². The highest BCUT2D eigenvalue weighted by molar-refractivity contribution is 7.09. The van der Waals surface area contributed by atoms with Crippen LogP contribution in [0, 0.1) is 6.92 Å². The number of anilines is 2. The molecule has 2 aromatic rings. The second kappa shape index (κ2) is 5.84. The first-order valence-electron chi connectivity index (χ1n) is 6.11. The fourth-order valence-corrected chi connectivity index (χ4v) is 2.50. The highest BCUT2D eigenvalue weighted by atomic mass is 32.1. The zero-order valence-corrected chi connectivity index (χ0v) is 12.0. The number of rotatable bonds is 4. The molecule has 0 fully saturated rings. The Balaban J connectivity index is 2.08. The third-order valence-electron chi connectivity index (χ3n) is 2.65. The summed E-state index contributed by atoms with van der Waals surface area (Å²) in [5.74, 6) is -0.0691. The van der Waals surface area contributed by atoms with Gasteiger partial charge in [-0.2, -0.15) is 0 Å². The number of hydrogen-bond donors (Lipinski definition) is 2. The minimum Gasteiger partial charge on any atom is -0.377 e. The number of carbonyl (C=O) groups excluding carboxylic acids is 1. The van der Waals surface area contributed by atoms with Crippen molar-refractivity contribution in [2.45, 2.75) is 26.8 Å². The van der Waals surface area contributed by atoms with Crippen LogP contribution in [-0.2, 0) is 4.79 Å². The predicted octanol–water partition coefficient (Wildman–Crippen LogP) is 3.58. The number of benzene rings is 1. The van der Waals surface area contributed by atoms with Gasteiger partial charge in [0.25, 0.3) is 0 Å². The number of thiazole rings is 1. The summed E-state index contributed by atoms with van der Waals surface area (Å²) in [6.07, 6.45) is 0. The smallest absolute Gasteiger partial charge is 0.221 e. The molecular weight excluding hydrogens is 258 g/mol. The van der Waals surface area contributed by atoms with Crippen molar-refractivity contribution in [2.75, 3.05) is 10.6 Å². The molecule has 0 radical (unpaired) electrons. The Hall–Kier alpha value is -1.88. The van der Waals surface area contributed by atoms with Crippen LogP contribution >= 0.6 is 11.3 Å². The lowest BCUT2D eigenvalue weighted by Crippen LogP contribution is -2.09. The largest absolute Gasteiger partial charge is 0.377 e. The SMILES string of the molecule is CC(=O)Nc1cccc(NC(C)c2csc(C)n2)c1. The van der Waals surface area contributed by atoms with Crippen molar-refractivity contribution in [1.29, 1.82) is 0 Å². The third kappa shape index (κ3) is 3.79. The van der Waals surface area contributed by atoms with Gasteiger partial charge in [0.2, 0.25) is 5.91 Å². The molecule has 19 heavy (non-hydrogen) atoms. The first-order chi connectivity index (χ1) is 9.04. The van der Waals surface area contributed by atoms with E-state index in [0.717, 1.165) is 22.1 Å². The van der Waals surface area contributed by atoms with Crippen molar-refractivity contribution < 1.29 is 4.79 Å². The molecule has 0 saturated heterocycles. The molecule has 1 amide bonds. The van der Waals surface area contributed by atoms with E-state index in [1.165, 1.54) is 6.92 Å². The summed E-state index contributed by atoms with van der Waals surface area (Å²) in [5.41, 5.74) is 2.79. The molecule has 0 saturated carbocycles. The Morgan fingerprint density at radius 1 is 1.37 bits per heavy atom. The van der Waals surface area contributed by atoms with Gasteiger partial charge in [0.1, 0.15) is 0 Å². The molecule has 1 atom stereocenters. The molecule has 0 aliphatic heterocycles. The maximum Gasteiger partial charge on any atom is 0.221 e. The summed E-state index contributed by atoms with van der Waals surface area (Å²) in [6, 6.07) is 7.80. The van der Waals surface area contributed by atoms with Gasteiger partial charge in [-0.15, -0.1) is 11.3 Å². The first kappa shape index (κ1) is 13.5. The first-order valence-corrected chi connectivity index (χ1v) is 6.99. The molecule has 5 heteroatoms. The van der Waals surface area contributed by atoms with E-state index in [1.54, 1.807) is 11.3 Å². The molecule has 1 heterocycles. The van der Waals surface area contributed by atoms with Crippen LogP contribution in [0.15, 0.2) is 29.6 Å². The summed E-state index contributed by atoms with van der Waals surface area (Å²) in [4.78, 5) is 15.5. The van der Waals surface area contributed by atoms with E-state index in [0.29, 0.717) is 0 Å². The molecule has 0 bridgehead atoms. The highest BCUT2D eigenvalue weighted by Gasteiger charge is 2.08. The van der Waals surface area contributed by atoms with Crippen LogP contribution < -0.4 is 10.6 Å². The number of aromatic nitrogens is 1. The van der Waals surface area contributed by atoms with E-state index in [9.17, 15) is 4.79 Å². The Bertz CT molecular complexity index is 580. The molecule has 4 nitrogen and oxygen atoms in total. The van der Waals surface area contributed by atoms with E-state index in [1.807, 2.05) is 31.2 Å². The Kier molecular flexibility index (Phi) is 4.16. The molecule has 100 valence electrons. The number of amides is 1. The monoisotopic (exact) mass is 275 g/mol. The van der Waals surface area contributed by atoms with Crippen LogP contribution in [0.3, 0.4) is 0 Å². The molecular formula is C14H17N3OS. The van der Waals surface area contributed by atoms with Crippen molar-refractivity contribution in [3.63, 3.8) is 0 Å². The minimum absolute atomic E-state index is 0.0691. The van der Waals surface area contributed by atoms with Crippen LogP contribution in [0.4, 0.5) is 11.4 Å². The summed E-state index contributed by atoms with van der Waals surface area (Å²) in [5, 5.41) is 9.27. The van der Waals surface area contributed by atoms with Crippen LogP contribution in [0.5, 0.6) is 0 Å². The van der Waals surface area contributed by atoms with Crippen molar-refractivity contribution in [3.05, 3.63) is 40.3 Å². The maximum atomic E-state index is 11.0. The number of carbonyl (C=O) groups is 1. The number of hydrogen-bond acceptors (Lipinski definition) is 4. The number of aryl methyl sites for hydroxylation is 1. The van der Waals surface area contributed by atoms with Gasteiger partial charge in [-0.05, 0) is 32.0 Å². The topological polar surface area (TPSA) is 54.0 Å². The second-order valence-electron chi connectivity index (χ2n) is 4.42. The average Bonchev–Trinajstić information content (AvgIpc) is 2.75. The van der Waals surface area contributed by atoms with E-state index < -0.39 is 0 Å². The standard InChI is InChI=1S/C14H17N3OS/c1-9(14-8-19-11(3)17-14)15-12-5-4-6-13(7-12)16-10(2)18/h4-9,15H,1-3H3,(H,16,18). The van der Waals surface area contributed by atoms with Crippen molar-refractivity contribution in [3.8, 4) is 0 Å². The quantitative estimate of drug-likeness (QED) is 0.896. The lowest BCUT2D eigenvalue weighted by atomic mass is 10.2. The third-order valence-corrected chi connectivity index (χ3v) is 3.44. The van der Waals surface area contributed by atoms with Crippen molar-refractivity contribution in [1.82, 2.24) is 4.98 Å². The van der Waals surface area contributed by atoms with E-state index in [2.05, 4.69) is 27.9 Å². The van der Waals surface area contributed by atoms with Gasteiger partial charge in [0.15, 0.2) is 0 Å². The molecule has 0 aliphatic carbocycles. The van der Waals surface area contributed by atoms with E-state index >= 15 is 0 Å². The van der Waals surface area contributed by atoms with Crippen molar-refractivity contribution >= 4 is 28.6 Å². The number of nitrogens with one attached hydrogen (secondary N) is 2. The molecule has 0 aliphatic rings. The highest BCUT2D eigenvalue weighted by Crippen LogP contribution is 2.22. The van der Waals surface area contributed by atoms with Gasteiger partial charge in [0.05, 0.1) is 16.7 Å². The lowest BCUT2D eigenvalue weighted by Gasteiger charge is -2.14. The molecule has 1 aromatic heterocycles. The average molecular weight is 275 g/mol. The minimum atomic E-state index is -0.0691. The summed E-state index contributed by atoms with van der Waals surface area (Å²) >= 11 is 1.65. The molecule has 0 spiro atoms. The van der Waals surface area contributed by atoms with Gasteiger partial charge in [-0.1, -0.05) is 6.07 Å². The molecule has 2 N–H and O–H groups in total. The van der Waals surface area contributed by atoms with Crippen LogP contribution in [-0.4, -0.2) is 10.9 Å². The van der Waals surface area contributed by atoms with E-state index in [4.69, 9.17) is 0 Å². The molecule has 1 aromatic carbocycles. The zero-order chi connectivity index (χ0) is 13.8. The Morgan fingerprint density at radius 2 is 2.11 bits per heavy atom. The summed E-state index contributed by atoms with van der Waals surface area (Å²) < 4.78 is 0. The Labute approximate surface area is 116 Å². The fourth-order valence-electron chi connectivity index (χ4n) is 1.79. The molecule has 2 rings (SSSR count). The van der Waals surface area contributed by atoms with Crippen LogP contribution in [0.1, 0.15) is 30.6 Å². The van der Waals surface area contributed by atoms with Gasteiger partial charge >= 0.3 is 0 Å². The molecule has 1 unspecified atom stereocenters. The van der Waals surface area contributed by atoms with Gasteiger partial charge in [-0.3, -0.25) is 4.79 Å². The maximum absolute atomic E-state index is 11.0. The second-order valence-corrected chi connectivity index (χ2v) is 5.48. The summed E-state index contributed by atoms with van der Waals surface area (Å²) in [7, 11) is 0. The predicted molar refractivity (Wildman–Crippen MR) is 79.6 cm³/mol. The normalized spacial score (nSPS) is 11.9.